The molecule has 0 amide bonds. The van der Waals surface area contributed by atoms with Gasteiger partial charge in [-0.25, -0.2) is 0 Å². The van der Waals surface area contributed by atoms with Crippen LogP contribution in [0.1, 0.15) is 53.4 Å². The first-order valence-corrected chi connectivity index (χ1v) is 8.42. The van der Waals surface area contributed by atoms with Crippen molar-refractivity contribution in [2.75, 3.05) is 20.2 Å². The summed E-state index contributed by atoms with van der Waals surface area (Å²) in [7, 11) is 1.95. The lowest BCUT2D eigenvalue weighted by molar-refractivity contribution is -0.166. The maximum atomic E-state index is 12.0. The van der Waals surface area contributed by atoms with E-state index in [2.05, 4.69) is 11.8 Å². The van der Waals surface area contributed by atoms with Gasteiger partial charge in [-0.3, -0.25) is 4.79 Å². The standard InChI is InChI=1S/C17H33NO4/c1-12-7-6-8-13(2)16(20)22-11-17(4,21)15(19)14(3)18(5)10-9-12/h12-15,19,21H,6-11H2,1-5H3/t12?,13?,14?,15?,17-/m1/s1. The van der Waals surface area contributed by atoms with Crippen LogP contribution in [-0.2, 0) is 9.53 Å². The average Bonchev–Trinajstić information content (AvgIpc) is 2.47. The smallest absolute Gasteiger partial charge is 0.308 e. The fourth-order valence-corrected chi connectivity index (χ4v) is 2.87. The Morgan fingerprint density at radius 2 is 1.86 bits per heavy atom. The van der Waals surface area contributed by atoms with Crippen molar-refractivity contribution >= 4 is 5.97 Å². The number of aliphatic hydroxyl groups is 2. The van der Waals surface area contributed by atoms with Gasteiger partial charge >= 0.3 is 5.97 Å². The summed E-state index contributed by atoms with van der Waals surface area (Å²) in [6, 6.07) is -0.207. The summed E-state index contributed by atoms with van der Waals surface area (Å²) >= 11 is 0. The van der Waals surface area contributed by atoms with E-state index < -0.39 is 11.7 Å². The maximum absolute atomic E-state index is 12.0. The van der Waals surface area contributed by atoms with E-state index in [-0.39, 0.29) is 24.5 Å². The molecule has 0 aromatic heterocycles. The Bertz CT molecular complexity index is 359. The van der Waals surface area contributed by atoms with Crippen molar-refractivity contribution in [3.63, 3.8) is 0 Å². The Morgan fingerprint density at radius 3 is 2.50 bits per heavy atom. The molecule has 5 nitrogen and oxygen atoms in total. The predicted octanol–water partition coefficient (Wildman–Crippen LogP) is 1.81. The predicted molar refractivity (Wildman–Crippen MR) is 86.5 cm³/mol. The summed E-state index contributed by atoms with van der Waals surface area (Å²) in [5, 5.41) is 20.9. The number of hydrogen-bond donors (Lipinski definition) is 2. The number of nitrogens with zero attached hydrogens (tertiary/aromatic N) is 1. The molecule has 2 N–H and O–H groups in total. The molecule has 0 aromatic rings. The van der Waals surface area contributed by atoms with Gasteiger partial charge < -0.3 is 19.8 Å². The Labute approximate surface area is 134 Å². The van der Waals surface area contributed by atoms with Crippen LogP contribution in [-0.4, -0.2) is 59.0 Å². The molecule has 0 aromatic carbocycles. The van der Waals surface area contributed by atoms with Gasteiger partial charge in [0.05, 0.1) is 5.92 Å². The van der Waals surface area contributed by atoms with Gasteiger partial charge in [0.15, 0.2) is 0 Å². The van der Waals surface area contributed by atoms with E-state index in [9.17, 15) is 15.0 Å². The van der Waals surface area contributed by atoms with Gasteiger partial charge in [-0.05, 0) is 46.2 Å². The van der Waals surface area contributed by atoms with E-state index >= 15 is 0 Å². The zero-order chi connectivity index (χ0) is 16.9. The number of carbonyl (C=O) groups excluding carboxylic acids is 1. The van der Waals surface area contributed by atoms with Crippen LogP contribution in [0.15, 0.2) is 0 Å². The lowest BCUT2D eigenvalue weighted by Gasteiger charge is -2.37. The molecule has 5 heteroatoms. The van der Waals surface area contributed by atoms with Crippen LogP contribution in [0.3, 0.4) is 0 Å². The SMILES string of the molecule is CC1CCCC(C)C(=O)OC[C@@](C)(O)C(O)C(C)N(C)CC1. The first-order valence-electron chi connectivity index (χ1n) is 8.42. The second-order valence-corrected chi connectivity index (χ2v) is 7.36. The third kappa shape index (κ3) is 5.52. The summed E-state index contributed by atoms with van der Waals surface area (Å²) in [4.78, 5) is 14.0. The number of carbonyl (C=O) groups is 1. The van der Waals surface area contributed by atoms with Crippen molar-refractivity contribution in [2.24, 2.45) is 11.8 Å². The van der Waals surface area contributed by atoms with E-state index in [1.807, 2.05) is 20.9 Å². The van der Waals surface area contributed by atoms with Gasteiger partial charge in [-0.1, -0.05) is 26.7 Å². The second kappa shape index (κ2) is 8.27. The van der Waals surface area contributed by atoms with Gasteiger partial charge in [0.2, 0.25) is 0 Å². The summed E-state index contributed by atoms with van der Waals surface area (Å²) in [5.41, 5.74) is -1.45. The first-order chi connectivity index (χ1) is 10.1. The molecular formula is C17H33NO4. The van der Waals surface area contributed by atoms with Crippen LogP contribution in [0.4, 0.5) is 0 Å². The average molecular weight is 315 g/mol. The minimum Gasteiger partial charge on any atom is -0.462 e. The summed E-state index contributed by atoms with van der Waals surface area (Å²) < 4.78 is 5.23. The molecule has 1 rings (SSSR count). The zero-order valence-electron chi connectivity index (χ0n) is 14.7. The number of aliphatic hydroxyl groups excluding tert-OH is 1. The van der Waals surface area contributed by atoms with E-state index in [0.717, 1.165) is 32.2 Å². The molecular weight excluding hydrogens is 282 g/mol. The third-order valence-corrected chi connectivity index (χ3v) is 5.01. The molecule has 1 saturated heterocycles. The maximum Gasteiger partial charge on any atom is 0.308 e. The highest BCUT2D eigenvalue weighted by Crippen LogP contribution is 2.22. The minimum atomic E-state index is -1.45. The highest BCUT2D eigenvalue weighted by Gasteiger charge is 2.37. The van der Waals surface area contributed by atoms with Crippen LogP contribution in [0.25, 0.3) is 0 Å². The summed E-state index contributed by atoms with van der Waals surface area (Å²) in [5.74, 6) is 0.125. The van der Waals surface area contributed by atoms with Crippen LogP contribution in [0.2, 0.25) is 0 Å². The summed E-state index contributed by atoms with van der Waals surface area (Å²) in [6.07, 6.45) is 2.99. The van der Waals surface area contributed by atoms with Crippen molar-refractivity contribution in [3.8, 4) is 0 Å². The number of rotatable bonds is 0. The van der Waals surface area contributed by atoms with Crippen molar-refractivity contribution in [1.82, 2.24) is 4.90 Å². The molecule has 1 heterocycles. The number of likely N-dealkylation sites (N-methyl/N-ethyl adjacent to an activating group) is 1. The quantitative estimate of drug-likeness (QED) is 0.667. The molecule has 130 valence electrons. The molecule has 1 aliphatic rings. The van der Waals surface area contributed by atoms with Crippen LogP contribution in [0, 0.1) is 11.8 Å². The molecule has 0 bridgehead atoms. The first kappa shape index (κ1) is 19.4. The van der Waals surface area contributed by atoms with E-state index in [4.69, 9.17) is 4.74 Å². The Hall–Kier alpha value is -0.650. The zero-order valence-corrected chi connectivity index (χ0v) is 14.7. The lowest BCUT2D eigenvalue weighted by atomic mass is 9.92. The van der Waals surface area contributed by atoms with E-state index in [1.54, 1.807) is 0 Å². The van der Waals surface area contributed by atoms with Crippen molar-refractivity contribution in [2.45, 2.75) is 71.1 Å². The monoisotopic (exact) mass is 315 g/mol. The summed E-state index contributed by atoms with van der Waals surface area (Å²) in [6.45, 7) is 8.20. The van der Waals surface area contributed by atoms with E-state index in [1.165, 1.54) is 6.92 Å². The molecule has 0 radical (unpaired) electrons. The van der Waals surface area contributed by atoms with Gasteiger partial charge in [0.1, 0.15) is 18.3 Å². The molecule has 0 spiro atoms. The topological polar surface area (TPSA) is 70.0 Å². The highest BCUT2D eigenvalue weighted by molar-refractivity contribution is 5.71. The van der Waals surface area contributed by atoms with E-state index in [0.29, 0.717) is 5.92 Å². The van der Waals surface area contributed by atoms with Crippen molar-refractivity contribution in [3.05, 3.63) is 0 Å². The Morgan fingerprint density at radius 1 is 1.23 bits per heavy atom. The van der Waals surface area contributed by atoms with Crippen molar-refractivity contribution in [1.29, 1.82) is 0 Å². The van der Waals surface area contributed by atoms with Crippen molar-refractivity contribution < 1.29 is 19.7 Å². The van der Waals surface area contributed by atoms with Gasteiger partial charge in [0.25, 0.3) is 0 Å². The Balaban J connectivity index is 2.82. The second-order valence-electron chi connectivity index (χ2n) is 7.36. The highest BCUT2D eigenvalue weighted by atomic mass is 16.5. The van der Waals surface area contributed by atoms with Crippen LogP contribution < -0.4 is 0 Å². The lowest BCUT2D eigenvalue weighted by Crippen LogP contribution is -2.54. The minimum absolute atomic E-state index is 0.164. The molecule has 22 heavy (non-hydrogen) atoms. The number of hydrogen-bond acceptors (Lipinski definition) is 5. The Kier molecular flexibility index (Phi) is 7.29. The van der Waals surface area contributed by atoms with Gasteiger partial charge in [0, 0.05) is 6.04 Å². The number of cyclic esters (lactones) is 1. The van der Waals surface area contributed by atoms with Crippen LogP contribution >= 0.6 is 0 Å². The molecule has 1 fully saturated rings. The molecule has 1 aliphatic heterocycles. The van der Waals surface area contributed by atoms with Gasteiger partial charge in [-0.2, -0.15) is 0 Å². The number of ether oxygens (including phenoxy) is 1. The largest absolute Gasteiger partial charge is 0.462 e. The van der Waals surface area contributed by atoms with Crippen LogP contribution in [0.5, 0.6) is 0 Å². The number of esters is 1. The fourth-order valence-electron chi connectivity index (χ4n) is 2.87. The van der Waals surface area contributed by atoms with Gasteiger partial charge in [-0.15, -0.1) is 0 Å². The molecule has 0 aliphatic carbocycles. The fraction of sp³-hybridized carbons (Fsp3) is 0.941. The molecule has 4 unspecified atom stereocenters. The normalized spacial score (nSPS) is 40.8. The molecule has 0 saturated carbocycles. The molecule has 5 atom stereocenters. The third-order valence-electron chi connectivity index (χ3n) is 5.01.